The van der Waals surface area contributed by atoms with Crippen LogP contribution >= 0.6 is 0 Å². The third kappa shape index (κ3) is 3.18. The smallest absolute Gasteiger partial charge is 0.320 e. The van der Waals surface area contributed by atoms with Gasteiger partial charge < -0.3 is 15.4 Å². The highest BCUT2D eigenvalue weighted by Crippen LogP contribution is 2.49. The lowest BCUT2D eigenvalue weighted by molar-refractivity contribution is -0.140. The van der Waals surface area contributed by atoms with E-state index in [-0.39, 0.29) is 42.2 Å². The molecule has 4 atom stereocenters. The van der Waals surface area contributed by atoms with Crippen LogP contribution in [0.2, 0.25) is 0 Å². The van der Waals surface area contributed by atoms with Gasteiger partial charge >= 0.3 is 6.03 Å². The Bertz CT molecular complexity index is 757. The molecule has 3 aliphatic carbocycles. The molecule has 2 bridgehead atoms. The fourth-order valence-corrected chi connectivity index (χ4v) is 4.42. The van der Waals surface area contributed by atoms with Gasteiger partial charge in [-0.25, -0.2) is 4.79 Å². The number of likely N-dealkylation sites (tertiary alicyclic amines) is 1. The van der Waals surface area contributed by atoms with Gasteiger partial charge in [0.15, 0.2) is 0 Å². The molecule has 1 aromatic rings. The van der Waals surface area contributed by atoms with E-state index in [1.54, 1.807) is 24.3 Å². The van der Waals surface area contributed by atoms with Gasteiger partial charge in [-0.15, -0.1) is 0 Å². The van der Waals surface area contributed by atoms with Crippen LogP contribution in [0.5, 0.6) is 5.75 Å². The summed E-state index contributed by atoms with van der Waals surface area (Å²) in [7, 11) is 0. The van der Waals surface area contributed by atoms with E-state index in [1.165, 1.54) is 4.90 Å². The SMILES string of the molecule is CCOc1ccc(NC(=O)NCN2C(=O)[C@@H]3[C@@H](C2=O)[C@H]2C=C[C@H]3CC2)cc1. The Morgan fingerprint density at radius 1 is 1.07 bits per heavy atom. The highest BCUT2D eigenvalue weighted by atomic mass is 16.5. The highest BCUT2D eigenvalue weighted by Gasteiger charge is 2.56. The molecule has 0 aromatic heterocycles. The molecule has 4 amide bonds. The molecular weight excluding hydrogens is 346 g/mol. The number of rotatable bonds is 5. The Hall–Kier alpha value is -2.83. The van der Waals surface area contributed by atoms with Crippen molar-refractivity contribution in [3.8, 4) is 5.75 Å². The minimum Gasteiger partial charge on any atom is -0.494 e. The maximum Gasteiger partial charge on any atom is 0.320 e. The van der Waals surface area contributed by atoms with E-state index in [2.05, 4.69) is 22.8 Å². The molecule has 1 aliphatic heterocycles. The van der Waals surface area contributed by atoms with E-state index in [9.17, 15) is 14.4 Å². The number of ether oxygens (including phenoxy) is 1. The number of nitrogens with zero attached hydrogens (tertiary/aromatic N) is 1. The second-order valence-corrected chi connectivity index (χ2v) is 7.19. The monoisotopic (exact) mass is 369 g/mol. The van der Waals surface area contributed by atoms with Crippen molar-refractivity contribution in [2.45, 2.75) is 19.8 Å². The Morgan fingerprint density at radius 2 is 1.67 bits per heavy atom. The first-order valence-corrected chi connectivity index (χ1v) is 9.39. The molecule has 27 heavy (non-hydrogen) atoms. The van der Waals surface area contributed by atoms with E-state index in [0.717, 1.165) is 18.6 Å². The zero-order valence-corrected chi connectivity index (χ0v) is 15.2. The molecule has 7 nitrogen and oxygen atoms in total. The van der Waals surface area contributed by atoms with Crippen molar-refractivity contribution in [2.24, 2.45) is 23.7 Å². The minimum atomic E-state index is -0.462. The Labute approximate surface area is 157 Å². The van der Waals surface area contributed by atoms with Crippen molar-refractivity contribution in [1.29, 1.82) is 0 Å². The molecule has 0 unspecified atom stereocenters. The van der Waals surface area contributed by atoms with Gasteiger partial charge in [0.05, 0.1) is 18.4 Å². The van der Waals surface area contributed by atoms with Crippen molar-refractivity contribution in [3.05, 3.63) is 36.4 Å². The van der Waals surface area contributed by atoms with Gasteiger partial charge in [-0.3, -0.25) is 14.5 Å². The largest absolute Gasteiger partial charge is 0.494 e. The summed E-state index contributed by atoms with van der Waals surface area (Å²) in [5, 5.41) is 5.31. The molecule has 1 aromatic carbocycles. The Balaban J connectivity index is 1.34. The number of amides is 4. The molecule has 4 aliphatic rings. The Kier molecular flexibility index (Phi) is 4.59. The summed E-state index contributed by atoms with van der Waals surface area (Å²) in [4.78, 5) is 38.7. The molecule has 2 fully saturated rings. The van der Waals surface area contributed by atoms with Gasteiger partial charge in [-0.2, -0.15) is 0 Å². The summed E-state index contributed by atoms with van der Waals surface area (Å²) in [5.41, 5.74) is 0.603. The topological polar surface area (TPSA) is 87.7 Å². The first kappa shape index (κ1) is 17.6. The van der Waals surface area contributed by atoms with Crippen molar-refractivity contribution >= 4 is 23.5 Å². The van der Waals surface area contributed by atoms with Crippen LogP contribution in [0.15, 0.2) is 36.4 Å². The van der Waals surface area contributed by atoms with E-state index in [4.69, 9.17) is 4.74 Å². The van der Waals surface area contributed by atoms with E-state index in [1.807, 2.05) is 6.92 Å². The summed E-state index contributed by atoms with van der Waals surface area (Å²) >= 11 is 0. The minimum absolute atomic E-state index is 0.104. The number of anilines is 1. The number of hydrogen-bond donors (Lipinski definition) is 2. The zero-order valence-electron chi connectivity index (χ0n) is 15.2. The number of fused-ring (bicyclic) bond motifs is 1. The fourth-order valence-electron chi connectivity index (χ4n) is 4.42. The number of urea groups is 1. The van der Waals surface area contributed by atoms with Crippen molar-refractivity contribution in [3.63, 3.8) is 0 Å². The molecular formula is C20H23N3O4. The van der Waals surface area contributed by atoms with Crippen molar-refractivity contribution in [1.82, 2.24) is 10.2 Å². The van der Waals surface area contributed by atoms with Gasteiger partial charge in [-0.05, 0) is 55.9 Å². The van der Waals surface area contributed by atoms with E-state index in [0.29, 0.717) is 12.3 Å². The van der Waals surface area contributed by atoms with Crippen LogP contribution in [0.1, 0.15) is 19.8 Å². The number of nitrogens with one attached hydrogen (secondary N) is 2. The number of carbonyl (C=O) groups excluding carboxylic acids is 3. The van der Waals surface area contributed by atoms with Crippen molar-refractivity contribution < 1.29 is 19.1 Å². The predicted molar refractivity (Wildman–Crippen MR) is 98.8 cm³/mol. The number of imide groups is 1. The highest BCUT2D eigenvalue weighted by molar-refractivity contribution is 6.06. The molecule has 142 valence electrons. The number of hydrogen-bond acceptors (Lipinski definition) is 4. The predicted octanol–water partition coefficient (Wildman–Crippen LogP) is 2.36. The normalized spacial score (nSPS) is 28.3. The number of allylic oxidation sites excluding steroid dienone is 2. The van der Waals surface area contributed by atoms with Gasteiger partial charge in [-0.1, -0.05) is 12.2 Å². The van der Waals surface area contributed by atoms with E-state index < -0.39 is 6.03 Å². The number of carbonyl (C=O) groups is 3. The zero-order chi connectivity index (χ0) is 19.0. The lowest BCUT2D eigenvalue weighted by Crippen LogP contribution is -2.43. The molecule has 2 N–H and O–H groups in total. The average molecular weight is 369 g/mol. The van der Waals surface area contributed by atoms with Crippen LogP contribution in [0.25, 0.3) is 0 Å². The third-order valence-electron chi connectivity index (χ3n) is 5.67. The summed E-state index contributed by atoms with van der Waals surface area (Å²) in [6.45, 7) is 2.37. The second kappa shape index (κ2) is 7.06. The van der Waals surface area contributed by atoms with Crippen LogP contribution in [0.4, 0.5) is 10.5 Å². The first-order valence-electron chi connectivity index (χ1n) is 9.39. The van der Waals surface area contributed by atoms with Crippen LogP contribution in [-0.4, -0.2) is 36.0 Å². The quantitative estimate of drug-likeness (QED) is 0.616. The third-order valence-corrected chi connectivity index (χ3v) is 5.67. The Morgan fingerprint density at radius 3 is 2.19 bits per heavy atom. The molecule has 1 saturated heterocycles. The molecule has 5 rings (SSSR count). The lowest BCUT2D eigenvalue weighted by atomic mass is 9.63. The van der Waals surface area contributed by atoms with Gasteiger partial charge in [0.2, 0.25) is 11.8 Å². The summed E-state index contributed by atoms with van der Waals surface area (Å²) in [6, 6.07) is 6.53. The molecule has 1 saturated carbocycles. The molecule has 0 spiro atoms. The maximum absolute atomic E-state index is 12.7. The average Bonchev–Trinajstić information content (AvgIpc) is 2.95. The van der Waals surface area contributed by atoms with Gasteiger partial charge in [0, 0.05) is 5.69 Å². The van der Waals surface area contributed by atoms with Crippen LogP contribution in [0, 0.1) is 23.7 Å². The van der Waals surface area contributed by atoms with Crippen LogP contribution in [-0.2, 0) is 9.59 Å². The second-order valence-electron chi connectivity index (χ2n) is 7.19. The van der Waals surface area contributed by atoms with Gasteiger partial charge in [0.1, 0.15) is 12.4 Å². The van der Waals surface area contributed by atoms with Crippen molar-refractivity contribution in [2.75, 3.05) is 18.6 Å². The standard InChI is InChI=1S/C20H23N3O4/c1-2-27-15-9-7-14(8-10-15)22-20(26)21-11-23-18(24)16-12-3-4-13(6-5-12)17(16)19(23)25/h3-4,7-10,12-13,16-17H,2,5-6,11H2,1H3,(H2,21,22,26)/t12-,13-,16-,17-/m0/s1. The lowest BCUT2D eigenvalue weighted by Gasteiger charge is -2.38. The fraction of sp³-hybridized carbons (Fsp3) is 0.450. The van der Waals surface area contributed by atoms with Crippen LogP contribution in [0.3, 0.4) is 0 Å². The molecule has 0 radical (unpaired) electrons. The summed E-state index contributed by atoms with van der Waals surface area (Å²) in [6.07, 6.45) is 6.08. The molecule has 7 heteroatoms. The van der Waals surface area contributed by atoms with Crippen LogP contribution < -0.4 is 15.4 Å². The summed E-state index contributed by atoms with van der Waals surface area (Å²) in [5.74, 6) is 0.200. The maximum atomic E-state index is 12.7. The summed E-state index contributed by atoms with van der Waals surface area (Å²) < 4.78 is 5.36. The number of benzene rings is 1. The first-order chi connectivity index (χ1) is 13.1. The van der Waals surface area contributed by atoms with Gasteiger partial charge in [0.25, 0.3) is 0 Å². The molecule has 1 heterocycles. The van der Waals surface area contributed by atoms with E-state index >= 15 is 0 Å².